The van der Waals surface area contributed by atoms with Crippen LogP contribution < -0.4 is 4.74 Å². The number of hydrogen-bond donors (Lipinski definition) is 1. The van der Waals surface area contributed by atoms with Gasteiger partial charge in [-0.3, -0.25) is 0 Å². The average molecular weight is 299 g/mol. The van der Waals surface area contributed by atoms with Crippen molar-refractivity contribution >= 4 is 10.0 Å². The van der Waals surface area contributed by atoms with Gasteiger partial charge in [0, 0.05) is 18.2 Å². The van der Waals surface area contributed by atoms with Crippen molar-refractivity contribution in [2.75, 3.05) is 13.2 Å². The third-order valence-electron chi connectivity index (χ3n) is 3.37. The molecule has 0 unspecified atom stereocenters. The second kappa shape index (κ2) is 6.11. The zero-order chi connectivity index (χ0) is 14.8. The van der Waals surface area contributed by atoms with Crippen LogP contribution in [0.4, 0.5) is 0 Å². The molecule has 0 amide bonds. The number of nitrogens with zero attached hydrogens (tertiary/aromatic N) is 1. The standard InChI is InChI=1S/C14H21NO4S/c1-3-15(12-5-6-12)20(17,18)13-7-8-14(19-4-2)11(9-13)10-16/h7-9,12,16H,3-6,10H2,1-2H3. The van der Waals surface area contributed by atoms with Gasteiger partial charge >= 0.3 is 0 Å². The Morgan fingerprint density at radius 3 is 2.55 bits per heavy atom. The highest BCUT2D eigenvalue weighted by atomic mass is 32.2. The van der Waals surface area contributed by atoms with E-state index >= 15 is 0 Å². The van der Waals surface area contributed by atoms with E-state index in [1.54, 1.807) is 12.1 Å². The van der Waals surface area contributed by atoms with Crippen LogP contribution in [0.15, 0.2) is 23.1 Å². The van der Waals surface area contributed by atoms with E-state index in [0.29, 0.717) is 24.5 Å². The molecule has 1 aromatic carbocycles. The van der Waals surface area contributed by atoms with Gasteiger partial charge in [-0.05, 0) is 38.0 Å². The van der Waals surface area contributed by atoms with Gasteiger partial charge in [0.15, 0.2) is 0 Å². The summed E-state index contributed by atoms with van der Waals surface area (Å²) in [7, 11) is -3.49. The topological polar surface area (TPSA) is 66.8 Å². The van der Waals surface area contributed by atoms with E-state index in [9.17, 15) is 13.5 Å². The first kappa shape index (κ1) is 15.3. The Bertz CT molecular complexity index is 567. The third kappa shape index (κ3) is 2.97. The number of ether oxygens (including phenoxy) is 1. The quantitative estimate of drug-likeness (QED) is 0.833. The van der Waals surface area contributed by atoms with Crippen molar-refractivity contribution in [3.05, 3.63) is 23.8 Å². The van der Waals surface area contributed by atoms with Crippen LogP contribution in [0.2, 0.25) is 0 Å². The van der Waals surface area contributed by atoms with Crippen LogP contribution in [-0.4, -0.2) is 37.0 Å². The molecule has 6 heteroatoms. The van der Waals surface area contributed by atoms with E-state index in [1.165, 1.54) is 10.4 Å². The summed E-state index contributed by atoms with van der Waals surface area (Å²) in [6, 6.07) is 4.80. The molecule has 1 aliphatic rings. The van der Waals surface area contributed by atoms with Crippen LogP contribution in [0.1, 0.15) is 32.3 Å². The Labute approximate surface area is 120 Å². The molecule has 0 radical (unpaired) electrons. The highest BCUT2D eigenvalue weighted by molar-refractivity contribution is 7.89. The minimum absolute atomic E-state index is 0.133. The van der Waals surface area contributed by atoms with Gasteiger partial charge in [-0.25, -0.2) is 8.42 Å². The maximum absolute atomic E-state index is 12.6. The molecule has 1 saturated carbocycles. The lowest BCUT2D eigenvalue weighted by molar-refractivity contribution is 0.266. The molecule has 0 bridgehead atoms. The SMILES string of the molecule is CCOc1ccc(S(=O)(=O)N(CC)C2CC2)cc1CO. The lowest BCUT2D eigenvalue weighted by Gasteiger charge is -2.20. The summed E-state index contributed by atoms with van der Waals surface area (Å²) >= 11 is 0. The van der Waals surface area contributed by atoms with Crippen molar-refractivity contribution in [1.29, 1.82) is 0 Å². The van der Waals surface area contributed by atoms with E-state index in [0.717, 1.165) is 12.8 Å². The van der Waals surface area contributed by atoms with E-state index in [1.807, 2.05) is 13.8 Å². The van der Waals surface area contributed by atoms with Gasteiger partial charge in [0.1, 0.15) is 5.75 Å². The summed E-state index contributed by atoms with van der Waals surface area (Å²) in [5.41, 5.74) is 0.500. The molecule has 1 N–H and O–H groups in total. The Kier molecular flexibility index (Phi) is 4.67. The van der Waals surface area contributed by atoms with Crippen LogP contribution in [0.25, 0.3) is 0 Å². The Balaban J connectivity index is 2.36. The van der Waals surface area contributed by atoms with Crippen molar-refractivity contribution in [2.24, 2.45) is 0 Å². The first-order chi connectivity index (χ1) is 9.54. The van der Waals surface area contributed by atoms with E-state index < -0.39 is 10.0 Å². The Morgan fingerprint density at radius 1 is 1.35 bits per heavy atom. The smallest absolute Gasteiger partial charge is 0.243 e. The fourth-order valence-electron chi connectivity index (χ4n) is 2.26. The maximum atomic E-state index is 12.6. The summed E-state index contributed by atoms with van der Waals surface area (Å²) in [5.74, 6) is 0.531. The zero-order valence-electron chi connectivity index (χ0n) is 11.9. The second-order valence-electron chi connectivity index (χ2n) is 4.80. The van der Waals surface area contributed by atoms with Gasteiger partial charge in [0.05, 0.1) is 18.1 Å². The summed E-state index contributed by atoms with van der Waals surface area (Å²) in [4.78, 5) is 0.221. The second-order valence-corrected chi connectivity index (χ2v) is 6.69. The molecular weight excluding hydrogens is 278 g/mol. The van der Waals surface area contributed by atoms with Gasteiger partial charge in [-0.15, -0.1) is 0 Å². The molecule has 112 valence electrons. The van der Waals surface area contributed by atoms with Crippen molar-refractivity contribution in [3.63, 3.8) is 0 Å². The van der Waals surface area contributed by atoms with Gasteiger partial charge in [0.2, 0.25) is 10.0 Å². The molecule has 1 fully saturated rings. The lowest BCUT2D eigenvalue weighted by atomic mass is 10.2. The van der Waals surface area contributed by atoms with Crippen molar-refractivity contribution in [2.45, 2.75) is 44.2 Å². The van der Waals surface area contributed by atoms with E-state index in [4.69, 9.17) is 4.74 Å². The Hall–Kier alpha value is -1.11. The highest BCUT2D eigenvalue weighted by Crippen LogP contribution is 2.33. The number of sulfonamides is 1. The zero-order valence-corrected chi connectivity index (χ0v) is 12.7. The maximum Gasteiger partial charge on any atom is 0.243 e. The number of benzene rings is 1. The number of rotatable bonds is 7. The minimum Gasteiger partial charge on any atom is -0.494 e. The first-order valence-electron chi connectivity index (χ1n) is 6.93. The molecule has 0 saturated heterocycles. The molecule has 0 heterocycles. The summed E-state index contributed by atoms with van der Waals surface area (Å²) in [6.45, 7) is 4.39. The molecule has 5 nitrogen and oxygen atoms in total. The average Bonchev–Trinajstić information content (AvgIpc) is 3.24. The summed E-state index contributed by atoms with van der Waals surface area (Å²) in [5, 5.41) is 9.36. The fraction of sp³-hybridized carbons (Fsp3) is 0.571. The highest BCUT2D eigenvalue weighted by Gasteiger charge is 2.37. The molecule has 0 atom stereocenters. The predicted octanol–water partition coefficient (Wildman–Crippen LogP) is 1.75. The van der Waals surface area contributed by atoms with Gasteiger partial charge in [-0.1, -0.05) is 6.92 Å². The van der Waals surface area contributed by atoms with Crippen LogP contribution in [-0.2, 0) is 16.6 Å². The molecule has 0 aliphatic heterocycles. The van der Waals surface area contributed by atoms with E-state index in [-0.39, 0.29) is 17.5 Å². The molecule has 1 aliphatic carbocycles. The monoisotopic (exact) mass is 299 g/mol. The van der Waals surface area contributed by atoms with Crippen molar-refractivity contribution < 1.29 is 18.3 Å². The van der Waals surface area contributed by atoms with Gasteiger partial charge < -0.3 is 9.84 Å². The molecule has 0 aromatic heterocycles. The fourth-order valence-corrected chi connectivity index (χ4v) is 4.00. The minimum atomic E-state index is -3.49. The number of aliphatic hydroxyl groups excluding tert-OH is 1. The van der Waals surface area contributed by atoms with Crippen LogP contribution in [0, 0.1) is 0 Å². The summed E-state index contributed by atoms with van der Waals surface area (Å²) < 4.78 is 32.1. The van der Waals surface area contributed by atoms with Crippen LogP contribution >= 0.6 is 0 Å². The normalized spacial score (nSPS) is 15.6. The van der Waals surface area contributed by atoms with Crippen molar-refractivity contribution in [3.8, 4) is 5.75 Å². The molecule has 0 spiro atoms. The van der Waals surface area contributed by atoms with Crippen LogP contribution in [0.3, 0.4) is 0 Å². The molecule has 1 aromatic rings. The first-order valence-corrected chi connectivity index (χ1v) is 8.37. The largest absolute Gasteiger partial charge is 0.494 e. The lowest BCUT2D eigenvalue weighted by Crippen LogP contribution is -2.32. The van der Waals surface area contributed by atoms with Crippen LogP contribution in [0.5, 0.6) is 5.75 Å². The molecule has 20 heavy (non-hydrogen) atoms. The predicted molar refractivity (Wildman–Crippen MR) is 76.1 cm³/mol. The van der Waals surface area contributed by atoms with Gasteiger partial charge in [0.25, 0.3) is 0 Å². The Morgan fingerprint density at radius 2 is 2.05 bits per heavy atom. The van der Waals surface area contributed by atoms with Gasteiger partial charge in [-0.2, -0.15) is 4.31 Å². The number of aliphatic hydroxyl groups is 1. The third-order valence-corrected chi connectivity index (χ3v) is 5.40. The number of hydrogen-bond acceptors (Lipinski definition) is 4. The summed E-state index contributed by atoms with van der Waals surface area (Å²) in [6.07, 6.45) is 1.86. The van der Waals surface area contributed by atoms with Crippen molar-refractivity contribution in [1.82, 2.24) is 4.31 Å². The van der Waals surface area contributed by atoms with E-state index in [2.05, 4.69) is 0 Å². The molecular formula is C14H21NO4S. The molecule has 2 rings (SSSR count).